The molecule has 0 saturated carbocycles. The van der Waals surface area contributed by atoms with Crippen LogP contribution in [0.5, 0.6) is 5.75 Å². The lowest BCUT2D eigenvalue weighted by atomic mass is 10.1. The summed E-state index contributed by atoms with van der Waals surface area (Å²) in [6.07, 6.45) is 11.8. The van der Waals surface area contributed by atoms with Gasteiger partial charge in [0.2, 0.25) is 0 Å². The first-order chi connectivity index (χ1) is 11.7. The Labute approximate surface area is 146 Å². The van der Waals surface area contributed by atoms with E-state index in [-0.39, 0.29) is 6.42 Å². The van der Waals surface area contributed by atoms with Gasteiger partial charge in [-0.15, -0.1) is 0 Å². The number of hydrogen-bond acceptors (Lipinski definition) is 2. The minimum atomic E-state index is -0.773. The third kappa shape index (κ3) is 10.4. The van der Waals surface area contributed by atoms with E-state index in [0.29, 0.717) is 13.0 Å². The van der Waals surface area contributed by atoms with Gasteiger partial charge in [0.1, 0.15) is 5.75 Å². The van der Waals surface area contributed by atoms with Crippen LogP contribution in [0.1, 0.15) is 46.1 Å². The van der Waals surface area contributed by atoms with Crippen molar-refractivity contribution in [1.29, 1.82) is 0 Å². The van der Waals surface area contributed by atoms with Gasteiger partial charge in [-0.1, -0.05) is 56.4 Å². The number of carboxylic acids is 1. The van der Waals surface area contributed by atoms with Crippen molar-refractivity contribution in [3.8, 4) is 5.75 Å². The molecule has 0 aliphatic carbocycles. The van der Waals surface area contributed by atoms with E-state index < -0.39 is 5.97 Å². The number of rotatable bonds is 9. The molecule has 0 aromatic heterocycles. The number of aryl methyl sites for hydroxylation is 1. The summed E-state index contributed by atoms with van der Waals surface area (Å²) in [4.78, 5) is 10.5. The minimum absolute atomic E-state index is 0.155. The lowest BCUT2D eigenvalue weighted by molar-refractivity contribution is -0.136. The van der Waals surface area contributed by atoms with Gasteiger partial charge in [0.05, 0.1) is 6.61 Å². The molecule has 1 N–H and O–H groups in total. The smallest absolute Gasteiger partial charge is 0.303 e. The highest BCUT2D eigenvalue weighted by molar-refractivity contribution is 5.67. The summed E-state index contributed by atoms with van der Waals surface area (Å²) in [5.41, 5.74) is 2.23. The van der Waals surface area contributed by atoms with Gasteiger partial charge in [-0.25, -0.2) is 0 Å². The maximum Gasteiger partial charge on any atom is 0.303 e. The molecule has 0 radical (unpaired) electrons. The SMILES string of the molecule is CC.C\C=C/C=C(\C=C/C)CCOc1ccc(CCC(=O)O)cc1. The van der Waals surface area contributed by atoms with E-state index in [4.69, 9.17) is 9.84 Å². The zero-order chi connectivity index (χ0) is 18.2. The Morgan fingerprint density at radius 3 is 2.29 bits per heavy atom. The van der Waals surface area contributed by atoms with Crippen molar-refractivity contribution in [2.24, 2.45) is 0 Å². The van der Waals surface area contributed by atoms with Crippen LogP contribution in [-0.4, -0.2) is 17.7 Å². The first-order valence-electron chi connectivity index (χ1n) is 8.53. The standard InChI is InChI=1S/C19H24O3.C2H6/c1-3-5-7-16(6-4-2)14-15-22-18-11-8-17(9-12-18)10-13-19(20)21;1-2/h3-9,11-12H,10,13-15H2,1-2H3,(H,20,21);1-2H3/b5-3-,6-4-,16-7+;. The summed E-state index contributed by atoms with van der Waals surface area (Å²) in [5, 5.41) is 8.66. The number of allylic oxidation sites excluding steroid dienone is 5. The number of benzene rings is 1. The Morgan fingerprint density at radius 1 is 1.08 bits per heavy atom. The van der Waals surface area contributed by atoms with Gasteiger partial charge in [0.25, 0.3) is 0 Å². The number of aliphatic carboxylic acids is 1. The Bertz CT molecular complexity index is 537. The van der Waals surface area contributed by atoms with Gasteiger partial charge in [-0.2, -0.15) is 0 Å². The first-order valence-corrected chi connectivity index (χ1v) is 8.53. The molecule has 0 aliphatic heterocycles. The highest BCUT2D eigenvalue weighted by atomic mass is 16.5. The Balaban J connectivity index is 0.00000254. The molecule has 0 unspecified atom stereocenters. The second kappa shape index (κ2) is 14.3. The zero-order valence-electron chi connectivity index (χ0n) is 15.3. The summed E-state index contributed by atoms with van der Waals surface area (Å²) in [5.74, 6) is 0.0367. The molecule has 1 aromatic carbocycles. The fourth-order valence-electron chi connectivity index (χ4n) is 1.95. The fraction of sp³-hybridized carbons (Fsp3) is 0.381. The second-order valence-corrected chi connectivity index (χ2v) is 4.90. The number of carbonyl (C=O) groups is 1. The molecular weight excluding hydrogens is 300 g/mol. The van der Waals surface area contributed by atoms with Gasteiger partial charge in [-0.3, -0.25) is 4.79 Å². The summed E-state index contributed by atoms with van der Waals surface area (Å²) in [6.45, 7) is 8.61. The molecule has 3 heteroatoms. The maximum absolute atomic E-state index is 10.5. The fourth-order valence-corrected chi connectivity index (χ4v) is 1.95. The molecule has 0 spiro atoms. The van der Waals surface area contributed by atoms with E-state index in [1.54, 1.807) is 0 Å². The molecule has 0 amide bonds. The van der Waals surface area contributed by atoms with Crippen molar-refractivity contribution in [1.82, 2.24) is 0 Å². The predicted molar refractivity (Wildman–Crippen MR) is 102 cm³/mol. The van der Waals surface area contributed by atoms with Crippen LogP contribution in [0.25, 0.3) is 0 Å². The molecule has 0 heterocycles. The monoisotopic (exact) mass is 330 g/mol. The molecule has 24 heavy (non-hydrogen) atoms. The van der Waals surface area contributed by atoms with Crippen LogP contribution in [0.15, 0.2) is 60.2 Å². The number of hydrogen-bond donors (Lipinski definition) is 1. The average Bonchev–Trinajstić information content (AvgIpc) is 2.60. The average molecular weight is 330 g/mol. The predicted octanol–water partition coefficient (Wildman–Crippen LogP) is 5.58. The normalized spacial score (nSPS) is 11.4. The van der Waals surface area contributed by atoms with Crippen molar-refractivity contribution in [3.05, 3.63) is 65.8 Å². The summed E-state index contributed by atoms with van der Waals surface area (Å²) < 4.78 is 5.73. The van der Waals surface area contributed by atoms with E-state index in [9.17, 15) is 4.79 Å². The van der Waals surface area contributed by atoms with Gasteiger partial charge in [0, 0.05) is 12.8 Å². The molecular formula is C21H30O3. The van der Waals surface area contributed by atoms with Crippen molar-refractivity contribution in [2.75, 3.05) is 6.61 Å². The van der Waals surface area contributed by atoms with Gasteiger partial charge >= 0.3 is 5.97 Å². The van der Waals surface area contributed by atoms with Crippen molar-refractivity contribution < 1.29 is 14.6 Å². The Hall–Kier alpha value is -2.29. The lowest BCUT2D eigenvalue weighted by Crippen LogP contribution is -1.99. The molecule has 0 saturated heterocycles. The maximum atomic E-state index is 10.5. The van der Waals surface area contributed by atoms with Crippen molar-refractivity contribution >= 4 is 5.97 Å². The van der Waals surface area contributed by atoms with Crippen LogP contribution < -0.4 is 4.74 Å². The Morgan fingerprint density at radius 2 is 1.75 bits per heavy atom. The quantitative estimate of drug-likeness (QED) is 0.601. The highest BCUT2D eigenvalue weighted by Gasteiger charge is 2.00. The molecule has 1 aromatic rings. The van der Waals surface area contributed by atoms with Gasteiger partial charge in [-0.05, 0) is 43.5 Å². The first kappa shape index (κ1) is 21.7. The largest absolute Gasteiger partial charge is 0.493 e. The topological polar surface area (TPSA) is 46.5 Å². The van der Waals surface area contributed by atoms with Crippen LogP contribution in [0.3, 0.4) is 0 Å². The number of carboxylic acid groups (broad SMARTS) is 1. The summed E-state index contributed by atoms with van der Waals surface area (Å²) in [7, 11) is 0. The van der Waals surface area contributed by atoms with Crippen molar-refractivity contribution in [3.63, 3.8) is 0 Å². The van der Waals surface area contributed by atoms with E-state index >= 15 is 0 Å². The third-order valence-electron chi connectivity index (χ3n) is 3.09. The number of ether oxygens (including phenoxy) is 1. The van der Waals surface area contributed by atoms with E-state index in [0.717, 1.165) is 17.7 Å². The van der Waals surface area contributed by atoms with Crippen LogP contribution >= 0.6 is 0 Å². The molecule has 3 nitrogen and oxygen atoms in total. The van der Waals surface area contributed by atoms with Crippen LogP contribution in [-0.2, 0) is 11.2 Å². The molecule has 0 aliphatic rings. The zero-order valence-corrected chi connectivity index (χ0v) is 15.3. The van der Waals surface area contributed by atoms with Gasteiger partial charge in [0.15, 0.2) is 0 Å². The molecule has 0 fully saturated rings. The van der Waals surface area contributed by atoms with E-state index in [1.165, 1.54) is 5.57 Å². The van der Waals surface area contributed by atoms with Crippen LogP contribution in [0, 0.1) is 0 Å². The van der Waals surface area contributed by atoms with E-state index in [1.807, 2.05) is 70.2 Å². The van der Waals surface area contributed by atoms with Gasteiger partial charge < -0.3 is 9.84 Å². The van der Waals surface area contributed by atoms with Crippen LogP contribution in [0.2, 0.25) is 0 Å². The third-order valence-corrected chi connectivity index (χ3v) is 3.09. The summed E-state index contributed by atoms with van der Waals surface area (Å²) >= 11 is 0. The molecule has 0 bridgehead atoms. The molecule has 132 valence electrons. The molecule has 1 rings (SSSR count). The van der Waals surface area contributed by atoms with E-state index in [2.05, 4.69) is 12.2 Å². The highest BCUT2D eigenvalue weighted by Crippen LogP contribution is 2.15. The minimum Gasteiger partial charge on any atom is -0.493 e. The van der Waals surface area contributed by atoms with Crippen LogP contribution in [0.4, 0.5) is 0 Å². The second-order valence-electron chi connectivity index (χ2n) is 4.90. The Kier molecular flexibility index (Phi) is 12.9. The molecule has 0 atom stereocenters. The summed E-state index contributed by atoms with van der Waals surface area (Å²) in [6, 6.07) is 7.62. The lowest BCUT2D eigenvalue weighted by Gasteiger charge is -2.07. The van der Waals surface area contributed by atoms with Crippen molar-refractivity contribution in [2.45, 2.75) is 47.0 Å².